The molecular weight excluding hydrogens is 456 g/mol. The smallest absolute Gasteiger partial charge is 0.356 e. The molecule has 0 aliphatic rings. The van der Waals surface area contributed by atoms with E-state index in [0.29, 0.717) is 22.4 Å². The first-order chi connectivity index (χ1) is 16.5. The zero-order valence-corrected chi connectivity index (χ0v) is 19.4. The number of nitrogens with one attached hydrogen (secondary N) is 2. The Bertz CT molecular complexity index is 1250. The molecule has 0 aliphatic heterocycles. The first kappa shape index (κ1) is 23.2. The Hall–Kier alpha value is -3.97. The van der Waals surface area contributed by atoms with Crippen molar-refractivity contribution < 1.29 is 23.8 Å². The molecule has 8 heteroatoms. The summed E-state index contributed by atoms with van der Waals surface area (Å²) in [5.41, 5.74) is 2.49. The molecule has 0 spiro atoms. The number of fused-ring (bicyclic) bond motifs is 1. The van der Waals surface area contributed by atoms with Crippen molar-refractivity contribution in [1.82, 2.24) is 10.3 Å². The van der Waals surface area contributed by atoms with Crippen molar-refractivity contribution in [2.45, 2.75) is 6.04 Å². The topological polar surface area (TPSA) is 89.6 Å². The zero-order chi connectivity index (χ0) is 24.1. The number of benzene rings is 3. The van der Waals surface area contributed by atoms with Crippen LogP contribution in [-0.2, 0) is 9.53 Å². The minimum absolute atomic E-state index is 0.109. The number of H-pyrrole nitrogens is 1. The Kier molecular flexibility index (Phi) is 7.04. The van der Waals surface area contributed by atoms with Crippen molar-refractivity contribution in [1.29, 1.82) is 0 Å². The number of halogens is 1. The highest BCUT2D eigenvalue weighted by Gasteiger charge is 2.21. The molecular formula is C26H23ClN2O5. The van der Waals surface area contributed by atoms with E-state index in [1.165, 1.54) is 0 Å². The Labute approximate surface area is 201 Å². The molecule has 3 aromatic carbocycles. The maximum atomic E-state index is 12.8. The molecule has 34 heavy (non-hydrogen) atoms. The number of carbonyl (C=O) groups is 2. The van der Waals surface area contributed by atoms with Gasteiger partial charge in [0.05, 0.1) is 25.3 Å². The van der Waals surface area contributed by atoms with E-state index in [9.17, 15) is 9.59 Å². The van der Waals surface area contributed by atoms with E-state index in [4.69, 9.17) is 25.8 Å². The first-order valence-electron chi connectivity index (χ1n) is 10.5. The SMILES string of the molecule is COc1ccc(C(NC(=O)COC(=O)c2[nH]c3ccccc3c2Cl)c2ccc(OC)cc2)cc1. The van der Waals surface area contributed by atoms with E-state index in [2.05, 4.69) is 10.3 Å². The lowest BCUT2D eigenvalue weighted by Crippen LogP contribution is -2.33. The van der Waals surface area contributed by atoms with Crippen molar-refractivity contribution in [2.75, 3.05) is 20.8 Å². The molecule has 4 aromatic rings. The summed E-state index contributed by atoms with van der Waals surface area (Å²) in [6.45, 7) is -0.465. The molecule has 7 nitrogen and oxygen atoms in total. The maximum absolute atomic E-state index is 12.8. The van der Waals surface area contributed by atoms with Gasteiger partial charge in [0.2, 0.25) is 0 Å². The number of methoxy groups -OCH3 is 2. The van der Waals surface area contributed by atoms with Crippen LogP contribution in [-0.4, -0.2) is 37.7 Å². The fourth-order valence-corrected chi connectivity index (χ4v) is 3.90. The van der Waals surface area contributed by atoms with Crippen LogP contribution < -0.4 is 14.8 Å². The van der Waals surface area contributed by atoms with Gasteiger partial charge in [0.15, 0.2) is 6.61 Å². The predicted octanol–water partition coefficient (Wildman–Crippen LogP) is 4.90. The summed E-state index contributed by atoms with van der Waals surface area (Å²) in [5, 5.41) is 3.90. The van der Waals surface area contributed by atoms with Crippen LogP contribution in [0.4, 0.5) is 0 Å². The predicted molar refractivity (Wildman–Crippen MR) is 130 cm³/mol. The second-order valence-corrected chi connectivity index (χ2v) is 7.86. The summed E-state index contributed by atoms with van der Waals surface area (Å²) < 4.78 is 15.7. The molecule has 1 aromatic heterocycles. The molecule has 4 rings (SSSR count). The molecule has 1 amide bonds. The molecule has 1 heterocycles. The summed E-state index contributed by atoms with van der Waals surface area (Å²) in [7, 11) is 3.18. The van der Waals surface area contributed by atoms with Crippen LogP contribution in [0.15, 0.2) is 72.8 Å². The number of aromatic nitrogens is 1. The third kappa shape index (κ3) is 5.00. The molecule has 0 fully saturated rings. The highest BCUT2D eigenvalue weighted by Crippen LogP contribution is 2.28. The van der Waals surface area contributed by atoms with Gasteiger partial charge < -0.3 is 24.5 Å². The van der Waals surface area contributed by atoms with Gasteiger partial charge in [-0.2, -0.15) is 0 Å². The fraction of sp³-hybridized carbons (Fsp3) is 0.154. The van der Waals surface area contributed by atoms with Crippen LogP contribution in [0.1, 0.15) is 27.7 Å². The lowest BCUT2D eigenvalue weighted by Gasteiger charge is -2.20. The normalized spacial score (nSPS) is 10.8. The van der Waals surface area contributed by atoms with Crippen LogP contribution >= 0.6 is 11.6 Å². The number of rotatable bonds is 8. The van der Waals surface area contributed by atoms with E-state index in [1.807, 2.05) is 60.7 Å². The van der Waals surface area contributed by atoms with Crippen molar-refractivity contribution in [3.63, 3.8) is 0 Å². The summed E-state index contributed by atoms with van der Waals surface area (Å²) in [6.07, 6.45) is 0. The highest BCUT2D eigenvalue weighted by molar-refractivity contribution is 6.38. The summed E-state index contributed by atoms with van der Waals surface area (Å²) in [5.74, 6) is 0.236. The second-order valence-electron chi connectivity index (χ2n) is 7.48. The Balaban J connectivity index is 1.49. The summed E-state index contributed by atoms with van der Waals surface area (Å²) >= 11 is 6.31. The van der Waals surface area contributed by atoms with Crippen LogP contribution in [0.3, 0.4) is 0 Å². The number of hydrogen-bond donors (Lipinski definition) is 2. The monoisotopic (exact) mass is 478 g/mol. The summed E-state index contributed by atoms with van der Waals surface area (Å²) in [4.78, 5) is 28.3. The Morgan fingerprint density at radius 1 is 0.882 bits per heavy atom. The lowest BCUT2D eigenvalue weighted by molar-refractivity contribution is -0.124. The van der Waals surface area contributed by atoms with E-state index in [0.717, 1.165) is 11.1 Å². The van der Waals surface area contributed by atoms with Crippen LogP contribution in [0.2, 0.25) is 5.02 Å². The lowest BCUT2D eigenvalue weighted by atomic mass is 9.98. The molecule has 0 unspecified atom stereocenters. The zero-order valence-electron chi connectivity index (χ0n) is 18.6. The van der Waals surface area contributed by atoms with Gasteiger partial charge in [-0.1, -0.05) is 54.1 Å². The van der Waals surface area contributed by atoms with Gasteiger partial charge in [0.1, 0.15) is 17.2 Å². The standard InChI is InChI=1S/C26H23ClN2O5/c1-32-18-11-7-16(8-12-18)24(17-9-13-19(33-2)14-10-17)29-22(30)15-34-26(31)25-23(27)20-5-3-4-6-21(20)28-25/h3-14,24,28H,15H2,1-2H3,(H,29,30). The molecule has 0 atom stereocenters. The first-order valence-corrected chi connectivity index (χ1v) is 10.9. The van der Waals surface area contributed by atoms with Crippen molar-refractivity contribution >= 4 is 34.4 Å². The minimum Gasteiger partial charge on any atom is -0.497 e. The number of para-hydroxylation sites is 1. The van der Waals surface area contributed by atoms with Crippen LogP contribution in [0, 0.1) is 0 Å². The average Bonchev–Trinajstić information content (AvgIpc) is 3.22. The largest absolute Gasteiger partial charge is 0.497 e. The molecule has 0 saturated heterocycles. The molecule has 0 saturated carbocycles. The molecule has 0 radical (unpaired) electrons. The molecule has 2 N–H and O–H groups in total. The number of amides is 1. The average molecular weight is 479 g/mol. The van der Waals surface area contributed by atoms with E-state index < -0.39 is 24.5 Å². The number of ether oxygens (including phenoxy) is 3. The van der Waals surface area contributed by atoms with Gasteiger partial charge in [0.25, 0.3) is 5.91 Å². The van der Waals surface area contributed by atoms with Gasteiger partial charge in [-0.25, -0.2) is 4.79 Å². The van der Waals surface area contributed by atoms with E-state index in [-0.39, 0.29) is 10.7 Å². The van der Waals surface area contributed by atoms with Gasteiger partial charge >= 0.3 is 5.97 Å². The second kappa shape index (κ2) is 10.3. The van der Waals surface area contributed by atoms with E-state index in [1.54, 1.807) is 26.4 Å². The van der Waals surface area contributed by atoms with E-state index >= 15 is 0 Å². The van der Waals surface area contributed by atoms with Crippen LogP contribution in [0.25, 0.3) is 10.9 Å². The molecule has 174 valence electrons. The number of hydrogen-bond acceptors (Lipinski definition) is 5. The number of esters is 1. The third-order valence-electron chi connectivity index (χ3n) is 5.38. The quantitative estimate of drug-likeness (QED) is 0.351. The number of carbonyl (C=O) groups excluding carboxylic acids is 2. The maximum Gasteiger partial charge on any atom is 0.356 e. The van der Waals surface area contributed by atoms with Crippen molar-refractivity contribution in [3.8, 4) is 11.5 Å². The highest BCUT2D eigenvalue weighted by atomic mass is 35.5. The third-order valence-corrected chi connectivity index (χ3v) is 5.78. The van der Waals surface area contributed by atoms with Crippen molar-refractivity contribution in [2.24, 2.45) is 0 Å². The Morgan fingerprint density at radius 3 is 1.97 bits per heavy atom. The van der Waals surface area contributed by atoms with Crippen LogP contribution in [0.5, 0.6) is 11.5 Å². The molecule has 0 bridgehead atoms. The molecule has 0 aliphatic carbocycles. The fourth-order valence-electron chi connectivity index (χ4n) is 3.61. The van der Waals surface area contributed by atoms with Gasteiger partial charge in [-0.05, 0) is 41.5 Å². The van der Waals surface area contributed by atoms with Gasteiger partial charge in [0, 0.05) is 10.9 Å². The number of aromatic amines is 1. The minimum atomic E-state index is -0.707. The summed E-state index contributed by atoms with van der Waals surface area (Å²) in [6, 6.07) is 21.5. The van der Waals surface area contributed by atoms with Gasteiger partial charge in [-0.3, -0.25) is 4.79 Å². The Morgan fingerprint density at radius 2 is 1.44 bits per heavy atom. The van der Waals surface area contributed by atoms with Crippen molar-refractivity contribution in [3.05, 3.63) is 94.6 Å². The van der Waals surface area contributed by atoms with Gasteiger partial charge in [-0.15, -0.1) is 0 Å².